The maximum absolute atomic E-state index is 5.70. The molecule has 1 rings (SSSR count). The van der Waals surface area contributed by atoms with Crippen molar-refractivity contribution in [1.82, 2.24) is 10.6 Å². The Morgan fingerprint density at radius 3 is 2.46 bits per heavy atom. The first-order valence-electron chi connectivity index (χ1n) is 8.59. The molecule has 0 saturated heterocycles. The van der Waals surface area contributed by atoms with Crippen molar-refractivity contribution in [3.05, 3.63) is 23.8 Å². The van der Waals surface area contributed by atoms with E-state index < -0.39 is 0 Å². The van der Waals surface area contributed by atoms with Crippen LogP contribution < -0.4 is 20.1 Å². The van der Waals surface area contributed by atoms with Gasteiger partial charge in [-0.25, -0.2) is 0 Å². The summed E-state index contributed by atoms with van der Waals surface area (Å²) in [4.78, 5) is 4.49. The van der Waals surface area contributed by atoms with Crippen LogP contribution in [0.15, 0.2) is 23.2 Å². The highest BCUT2D eigenvalue weighted by atomic mass is 16.5. The predicted molar refractivity (Wildman–Crippen MR) is 98.2 cm³/mol. The minimum atomic E-state index is 0.0835. The Morgan fingerprint density at radius 2 is 1.83 bits per heavy atom. The Labute approximate surface area is 145 Å². The Hall–Kier alpha value is -1.95. The van der Waals surface area contributed by atoms with Gasteiger partial charge in [0.1, 0.15) is 0 Å². The molecular formula is C18H31N3O3. The van der Waals surface area contributed by atoms with Crippen LogP contribution in [0.3, 0.4) is 0 Å². The lowest BCUT2D eigenvalue weighted by molar-refractivity contribution is 0.208. The van der Waals surface area contributed by atoms with Gasteiger partial charge in [0, 0.05) is 13.7 Å². The molecule has 0 saturated carbocycles. The van der Waals surface area contributed by atoms with Gasteiger partial charge < -0.3 is 24.8 Å². The SMILES string of the molecule is CCNC(=NCCOC)NC(C)c1ccc(OCC)c(OCC)c1. The summed E-state index contributed by atoms with van der Waals surface area (Å²) in [6.07, 6.45) is 0. The minimum Gasteiger partial charge on any atom is -0.490 e. The van der Waals surface area contributed by atoms with Crippen LogP contribution in [0.5, 0.6) is 11.5 Å². The highest BCUT2D eigenvalue weighted by Crippen LogP contribution is 2.30. The maximum Gasteiger partial charge on any atom is 0.191 e. The molecular weight excluding hydrogens is 306 g/mol. The fourth-order valence-electron chi connectivity index (χ4n) is 2.19. The second-order valence-corrected chi connectivity index (χ2v) is 5.19. The molecule has 0 aliphatic carbocycles. The summed E-state index contributed by atoms with van der Waals surface area (Å²) in [5.74, 6) is 2.32. The predicted octanol–water partition coefficient (Wildman–Crippen LogP) is 2.75. The van der Waals surface area contributed by atoms with Gasteiger partial charge in [0.15, 0.2) is 17.5 Å². The summed E-state index contributed by atoms with van der Waals surface area (Å²) in [6.45, 7) is 11.3. The highest BCUT2D eigenvalue weighted by Gasteiger charge is 2.12. The Kier molecular flexibility index (Phi) is 9.68. The van der Waals surface area contributed by atoms with Gasteiger partial charge in [-0.1, -0.05) is 6.07 Å². The first-order chi connectivity index (χ1) is 11.7. The van der Waals surface area contributed by atoms with Crippen LogP contribution in [-0.2, 0) is 4.74 Å². The second kappa shape index (κ2) is 11.6. The summed E-state index contributed by atoms with van der Waals surface area (Å²) in [6, 6.07) is 6.10. The zero-order valence-corrected chi connectivity index (χ0v) is 15.5. The number of methoxy groups -OCH3 is 1. The molecule has 6 heteroatoms. The van der Waals surface area contributed by atoms with Gasteiger partial charge in [-0.2, -0.15) is 0 Å². The number of hydrogen-bond acceptors (Lipinski definition) is 4. The molecule has 0 aliphatic rings. The molecule has 1 atom stereocenters. The normalized spacial score (nSPS) is 12.6. The van der Waals surface area contributed by atoms with E-state index in [0.29, 0.717) is 26.4 Å². The fraction of sp³-hybridized carbons (Fsp3) is 0.611. The number of guanidine groups is 1. The highest BCUT2D eigenvalue weighted by molar-refractivity contribution is 5.80. The summed E-state index contributed by atoms with van der Waals surface area (Å²) in [7, 11) is 1.67. The monoisotopic (exact) mass is 337 g/mol. The quantitative estimate of drug-likeness (QED) is 0.390. The number of nitrogens with zero attached hydrogens (tertiary/aromatic N) is 1. The smallest absolute Gasteiger partial charge is 0.191 e. The molecule has 6 nitrogen and oxygen atoms in total. The lowest BCUT2D eigenvalue weighted by Gasteiger charge is -2.20. The van der Waals surface area contributed by atoms with E-state index in [-0.39, 0.29) is 6.04 Å². The van der Waals surface area contributed by atoms with E-state index in [1.54, 1.807) is 7.11 Å². The van der Waals surface area contributed by atoms with Crippen molar-refractivity contribution in [2.45, 2.75) is 33.7 Å². The van der Waals surface area contributed by atoms with Gasteiger partial charge in [-0.05, 0) is 45.4 Å². The van der Waals surface area contributed by atoms with Crippen molar-refractivity contribution in [1.29, 1.82) is 0 Å². The topological polar surface area (TPSA) is 64.1 Å². The van der Waals surface area contributed by atoms with Crippen LogP contribution in [0.2, 0.25) is 0 Å². The number of benzene rings is 1. The molecule has 0 aromatic heterocycles. The molecule has 136 valence electrons. The summed E-state index contributed by atoms with van der Waals surface area (Å²) in [5, 5.41) is 6.64. The Morgan fingerprint density at radius 1 is 1.12 bits per heavy atom. The summed E-state index contributed by atoms with van der Waals surface area (Å²) in [5.41, 5.74) is 1.11. The molecule has 2 N–H and O–H groups in total. The third-order valence-electron chi connectivity index (χ3n) is 3.33. The zero-order valence-electron chi connectivity index (χ0n) is 15.5. The third kappa shape index (κ3) is 6.66. The van der Waals surface area contributed by atoms with Gasteiger partial charge in [-0.15, -0.1) is 0 Å². The van der Waals surface area contributed by atoms with E-state index in [1.807, 2.05) is 39.0 Å². The fourth-order valence-corrected chi connectivity index (χ4v) is 2.19. The minimum absolute atomic E-state index is 0.0835. The second-order valence-electron chi connectivity index (χ2n) is 5.19. The van der Waals surface area contributed by atoms with Crippen molar-refractivity contribution in [2.24, 2.45) is 4.99 Å². The van der Waals surface area contributed by atoms with Gasteiger partial charge >= 0.3 is 0 Å². The number of nitrogens with one attached hydrogen (secondary N) is 2. The lowest BCUT2D eigenvalue weighted by Crippen LogP contribution is -2.39. The van der Waals surface area contributed by atoms with Gasteiger partial charge in [0.05, 0.1) is 32.4 Å². The van der Waals surface area contributed by atoms with Crippen LogP contribution in [0, 0.1) is 0 Å². The molecule has 1 unspecified atom stereocenters. The Balaban J connectivity index is 2.85. The molecule has 0 fully saturated rings. The van der Waals surface area contributed by atoms with Gasteiger partial charge in [-0.3, -0.25) is 4.99 Å². The third-order valence-corrected chi connectivity index (χ3v) is 3.33. The molecule has 0 heterocycles. The van der Waals surface area contributed by atoms with E-state index in [0.717, 1.165) is 29.6 Å². The molecule has 0 amide bonds. The van der Waals surface area contributed by atoms with Crippen molar-refractivity contribution in [2.75, 3.05) is 40.0 Å². The number of rotatable bonds is 10. The first-order valence-corrected chi connectivity index (χ1v) is 8.59. The van der Waals surface area contributed by atoms with Crippen molar-refractivity contribution < 1.29 is 14.2 Å². The van der Waals surface area contributed by atoms with Crippen molar-refractivity contribution >= 4 is 5.96 Å². The van der Waals surface area contributed by atoms with E-state index in [4.69, 9.17) is 14.2 Å². The molecule has 1 aromatic carbocycles. The standard InChI is InChI=1S/C18H31N3O3/c1-6-19-18(20-11-12-22-5)21-14(4)15-9-10-16(23-7-2)17(13-15)24-8-3/h9-10,13-14H,6-8,11-12H2,1-5H3,(H2,19,20,21). The van der Waals surface area contributed by atoms with Crippen molar-refractivity contribution in [3.63, 3.8) is 0 Å². The first kappa shape index (κ1) is 20.1. The number of hydrogen-bond donors (Lipinski definition) is 2. The van der Waals surface area contributed by atoms with E-state index in [2.05, 4.69) is 22.5 Å². The van der Waals surface area contributed by atoms with Crippen molar-refractivity contribution in [3.8, 4) is 11.5 Å². The molecule has 0 radical (unpaired) electrons. The summed E-state index contributed by atoms with van der Waals surface area (Å²) >= 11 is 0. The molecule has 1 aromatic rings. The van der Waals surface area contributed by atoms with Gasteiger partial charge in [0.25, 0.3) is 0 Å². The van der Waals surface area contributed by atoms with Crippen LogP contribution in [-0.4, -0.2) is 46.0 Å². The maximum atomic E-state index is 5.70. The summed E-state index contributed by atoms with van der Waals surface area (Å²) < 4.78 is 16.4. The molecule has 0 bridgehead atoms. The number of aliphatic imine (C=N–C) groups is 1. The van der Waals surface area contributed by atoms with Gasteiger partial charge in [0.2, 0.25) is 0 Å². The van der Waals surface area contributed by atoms with Crippen LogP contribution >= 0.6 is 0 Å². The molecule has 0 spiro atoms. The lowest BCUT2D eigenvalue weighted by atomic mass is 10.1. The van der Waals surface area contributed by atoms with E-state index in [9.17, 15) is 0 Å². The molecule has 24 heavy (non-hydrogen) atoms. The van der Waals surface area contributed by atoms with Crippen LogP contribution in [0.4, 0.5) is 0 Å². The largest absolute Gasteiger partial charge is 0.490 e. The van der Waals surface area contributed by atoms with Crippen LogP contribution in [0.1, 0.15) is 39.3 Å². The average Bonchev–Trinajstić information content (AvgIpc) is 2.57. The zero-order chi connectivity index (χ0) is 17.8. The Bertz CT molecular complexity index is 506. The van der Waals surface area contributed by atoms with E-state index in [1.165, 1.54) is 0 Å². The number of ether oxygens (including phenoxy) is 3. The average molecular weight is 337 g/mol. The van der Waals surface area contributed by atoms with Crippen LogP contribution in [0.25, 0.3) is 0 Å². The van der Waals surface area contributed by atoms with E-state index >= 15 is 0 Å². The molecule has 0 aliphatic heterocycles.